The van der Waals surface area contributed by atoms with Crippen molar-refractivity contribution >= 4 is 34.2 Å². The molecule has 1 heterocycles. The van der Waals surface area contributed by atoms with E-state index in [0.29, 0.717) is 38.7 Å². The number of methoxy groups -OCH3 is 2. The summed E-state index contributed by atoms with van der Waals surface area (Å²) in [5.41, 5.74) is 1.03. The molecule has 0 bridgehead atoms. The van der Waals surface area contributed by atoms with Crippen LogP contribution in [0.2, 0.25) is 5.02 Å². The van der Waals surface area contributed by atoms with Gasteiger partial charge in [0.15, 0.2) is 12.4 Å². The third-order valence-corrected chi connectivity index (χ3v) is 5.14. The molecule has 0 saturated carbocycles. The van der Waals surface area contributed by atoms with Gasteiger partial charge in [0.25, 0.3) is 5.91 Å². The predicted molar refractivity (Wildman–Crippen MR) is 127 cm³/mol. The third-order valence-electron chi connectivity index (χ3n) is 4.89. The molecule has 0 unspecified atom stereocenters. The molecule has 168 valence electrons. The zero-order chi connectivity index (χ0) is 23.4. The van der Waals surface area contributed by atoms with Crippen LogP contribution in [0.1, 0.15) is 0 Å². The monoisotopic (exact) mass is 465 g/mol. The zero-order valence-electron chi connectivity index (χ0n) is 17.9. The first-order chi connectivity index (χ1) is 16.0. The number of carbonyl (C=O) groups excluding carboxylic acids is 1. The molecule has 0 aliphatic carbocycles. The molecule has 4 aromatic rings. The molecule has 0 aliphatic heterocycles. The van der Waals surface area contributed by atoms with E-state index >= 15 is 0 Å². The summed E-state index contributed by atoms with van der Waals surface area (Å²) in [4.78, 5) is 25.8. The molecular weight excluding hydrogens is 446 g/mol. The van der Waals surface area contributed by atoms with Crippen molar-refractivity contribution < 1.29 is 23.4 Å². The average molecular weight is 466 g/mol. The van der Waals surface area contributed by atoms with Crippen molar-refractivity contribution in [3.63, 3.8) is 0 Å². The van der Waals surface area contributed by atoms with Gasteiger partial charge in [0.2, 0.25) is 11.2 Å². The summed E-state index contributed by atoms with van der Waals surface area (Å²) in [6.07, 6.45) is 0. The van der Waals surface area contributed by atoms with E-state index in [9.17, 15) is 9.59 Å². The maximum atomic E-state index is 13.2. The van der Waals surface area contributed by atoms with Gasteiger partial charge in [-0.2, -0.15) is 0 Å². The predicted octanol–water partition coefficient (Wildman–Crippen LogP) is 5.15. The van der Waals surface area contributed by atoms with Gasteiger partial charge in [0.1, 0.15) is 17.1 Å². The first-order valence-electron chi connectivity index (χ1n) is 9.96. The maximum Gasteiger partial charge on any atom is 0.262 e. The van der Waals surface area contributed by atoms with E-state index in [2.05, 4.69) is 5.32 Å². The molecule has 0 spiro atoms. The highest BCUT2D eigenvalue weighted by molar-refractivity contribution is 6.30. The minimum Gasteiger partial charge on any atom is -0.497 e. The smallest absolute Gasteiger partial charge is 0.262 e. The molecule has 8 heteroatoms. The van der Waals surface area contributed by atoms with Gasteiger partial charge in [-0.15, -0.1) is 0 Å². The topological polar surface area (TPSA) is 87.0 Å². The summed E-state index contributed by atoms with van der Waals surface area (Å²) in [7, 11) is 3.01. The molecule has 0 aliphatic rings. The molecular formula is C25H20ClNO6. The lowest BCUT2D eigenvalue weighted by atomic mass is 10.1. The first-order valence-corrected chi connectivity index (χ1v) is 10.3. The summed E-state index contributed by atoms with van der Waals surface area (Å²) >= 11 is 6.00. The number of carbonyl (C=O) groups is 1. The Bertz CT molecular complexity index is 1360. The van der Waals surface area contributed by atoms with Crippen molar-refractivity contribution in [2.24, 2.45) is 0 Å². The highest BCUT2D eigenvalue weighted by atomic mass is 35.5. The standard InChI is InChI=1S/C25H20ClNO6/c1-30-17-11-12-21(31-2)19(13-17)27-22(28)14-32-25-23(29)18-5-3-4-6-20(18)33-24(25)15-7-9-16(26)10-8-15/h3-13H,14H2,1-2H3,(H,27,28). The van der Waals surface area contributed by atoms with E-state index in [-0.39, 0.29) is 16.9 Å². The molecule has 0 atom stereocenters. The molecule has 33 heavy (non-hydrogen) atoms. The van der Waals surface area contributed by atoms with Gasteiger partial charge >= 0.3 is 0 Å². The van der Waals surface area contributed by atoms with Crippen LogP contribution in [-0.4, -0.2) is 26.7 Å². The average Bonchev–Trinajstić information content (AvgIpc) is 2.84. The van der Waals surface area contributed by atoms with Crippen LogP contribution in [0.3, 0.4) is 0 Å². The van der Waals surface area contributed by atoms with E-state index in [1.807, 2.05) is 0 Å². The van der Waals surface area contributed by atoms with Gasteiger partial charge in [-0.25, -0.2) is 0 Å². The van der Waals surface area contributed by atoms with Crippen LogP contribution in [0.15, 0.2) is 75.9 Å². The number of benzene rings is 3. The van der Waals surface area contributed by atoms with Gasteiger partial charge in [0.05, 0.1) is 25.3 Å². The zero-order valence-corrected chi connectivity index (χ0v) is 18.6. The second kappa shape index (κ2) is 9.67. The lowest BCUT2D eigenvalue weighted by molar-refractivity contribution is -0.118. The van der Waals surface area contributed by atoms with Crippen molar-refractivity contribution in [3.8, 4) is 28.6 Å². The number of anilines is 1. The lowest BCUT2D eigenvalue weighted by Crippen LogP contribution is -2.23. The Morgan fingerprint density at radius 2 is 1.76 bits per heavy atom. The summed E-state index contributed by atoms with van der Waals surface area (Å²) < 4.78 is 22.2. The summed E-state index contributed by atoms with van der Waals surface area (Å²) in [6.45, 7) is -0.427. The molecule has 3 aromatic carbocycles. The number of hydrogen-bond acceptors (Lipinski definition) is 6. The van der Waals surface area contributed by atoms with Crippen LogP contribution in [-0.2, 0) is 4.79 Å². The summed E-state index contributed by atoms with van der Waals surface area (Å²) in [5, 5.41) is 3.60. The molecule has 0 fully saturated rings. The minimum absolute atomic E-state index is 0.0659. The van der Waals surface area contributed by atoms with E-state index < -0.39 is 12.5 Å². The molecule has 4 rings (SSSR count). The number of fused-ring (bicyclic) bond motifs is 1. The highest BCUT2D eigenvalue weighted by Gasteiger charge is 2.19. The number of halogens is 1. The minimum atomic E-state index is -0.490. The second-order valence-corrected chi connectivity index (χ2v) is 7.43. The molecule has 1 N–H and O–H groups in total. The maximum absolute atomic E-state index is 13.2. The third kappa shape index (κ3) is 4.78. The van der Waals surface area contributed by atoms with Crippen molar-refractivity contribution in [2.75, 3.05) is 26.1 Å². The van der Waals surface area contributed by atoms with Crippen molar-refractivity contribution in [1.29, 1.82) is 0 Å². The number of rotatable bonds is 7. The quantitative estimate of drug-likeness (QED) is 0.406. The van der Waals surface area contributed by atoms with E-state index in [4.69, 9.17) is 30.2 Å². The van der Waals surface area contributed by atoms with Gasteiger partial charge in [-0.05, 0) is 48.5 Å². The number of para-hydroxylation sites is 1. The SMILES string of the molecule is COc1ccc(OC)c(NC(=O)COc2c(-c3ccc(Cl)cc3)oc3ccccc3c2=O)c1. The number of ether oxygens (including phenoxy) is 3. The van der Waals surface area contributed by atoms with Crippen LogP contribution in [0, 0.1) is 0 Å². The Hall–Kier alpha value is -3.97. The Balaban J connectivity index is 1.65. The fourth-order valence-corrected chi connectivity index (χ4v) is 3.41. The van der Waals surface area contributed by atoms with E-state index in [0.717, 1.165) is 0 Å². The lowest BCUT2D eigenvalue weighted by Gasteiger charge is -2.14. The Labute approximate surface area is 194 Å². The highest BCUT2D eigenvalue weighted by Crippen LogP contribution is 2.32. The van der Waals surface area contributed by atoms with Crippen LogP contribution in [0.4, 0.5) is 5.69 Å². The molecule has 1 aromatic heterocycles. The number of nitrogens with one attached hydrogen (secondary N) is 1. The second-order valence-electron chi connectivity index (χ2n) is 7.00. The van der Waals surface area contributed by atoms with Crippen molar-refractivity contribution in [2.45, 2.75) is 0 Å². The molecule has 0 saturated heterocycles. The fraction of sp³-hybridized carbons (Fsp3) is 0.120. The number of amides is 1. The van der Waals surface area contributed by atoms with Crippen LogP contribution < -0.4 is 25.0 Å². The summed E-state index contributed by atoms with van der Waals surface area (Å²) in [5.74, 6) is 0.658. The van der Waals surface area contributed by atoms with Crippen LogP contribution in [0.5, 0.6) is 17.2 Å². The Morgan fingerprint density at radius 1 is 1.00 bits per heavy atom. The Morgan fingerprint density at radius 3 is 2.48 bits per heavy atom. The molecule has 1 amide bonds. The summed E-state index contributed by atoms with van der Waals surface area (Å²) in [6, 6.07) is 18.6. The molecule has 7 nitrogen and oxygen atoms in total. The number of hydrogen-bond donors (Lipinski definition) is 1. The van der Waals surface area contributed by atoms with Gasteiger partial charge in [-0.3, -0.25) is 9.59 Å². The van der Waals surface area contributed by atoms with Crippen molar-refractivity contribution in [3.05, 3.63) is 82.0 Å². The first kappa shape index (κ1) is 22.2. The van der Waals surface area contributed by atoms with Gasteiger partial charge in [0, 0.05) is 16.7 Å². The molecule has 0 radical (unpaired) electrons. The van der Waals surface area contributed by atoms with Crippen LogP contribution in [0.25, 0.3) is 22.3 Å². The van der Waals surface area contributed by atoms with Gasteiger partial charge in [-0.1, -0.05) is 23.7 Å². The fourth-order valence-electron chi connectivity index (χ4n) is 3.28. The van der Waals surface area contributed by atoms with Crippen molar-refractivity contribution in [1.82, 2.24) is 0 Å². The van der Waals surface area contributed by atoms with Crippen LogP contribution >= 0.6 is 11.6 Å². The van der Waals surface area contributed by atoms with E-state index in [1.54, 1.807) is 66.7 Å². The normalized spacial score (nSPS) is 10.6. The van der Waals surface area contributed by atoms with Gasteiger partial charge < -0.3 is 23.9 Å². The largest absolute Gasteiger partial charge is 0.497 e. The van der Waals surface area contributed by atoms with E-state index in [1.165, 1.54) is 14.2 Å². The Kier molecular flexibility index (Phi) is 6.51.